The highest BCUT2D eigenvalue weighted by Crippen LogP contribution is 2.39. The van der Waals surface area contributed by atoms with Crippen molar-refractivity contribution in [1.29, 1.82) is 0 Å². The maximum absolute atomic E-state index is 12.0. The summed E-state index contributed by atoms with van der Waals surface area (Å²) in [6.07, 6.45) is 3.56. The first-order valence-electron chi connectivity index (χ1n) is 9.11. The van der Waals surface area contributed by atoms with Gasteiger partial charge in [0.2, 0.25) is 6.10 Å². The van der Waals surface area contributed by atoms with E-state index in [1.165, 1.54) is 0 Å². The molecule has 0 unspecified atom stereocenters. The van der Waals surface area contributed by atoms with Gasteiger partial charge in [-0.2, -0.15) is 0 Å². The summed E-state index contributed by atoms with van der Waals surface area (Å²) >= 11 is 0. The third kappa shape index (κ3) is 5.19. The second kappa shape index (κ2) is 8.19. The molecule has 1 aliphatic heterocycles. The van der Waals surface area contributed by atoms with E-state index >= 15 is 0 Å². The summed E-state index contributed by atoms with van der Waals surface area (Å²) in [7, 11) is 0. The minimum atomic E-state index is -0.722. The molecule has 1 aliphatic carbocycles. The largest absolute Gasteiger partial charge is 0.481 e. The van der Waals surface area contributed by atoms with Crippen LogP contribution in [-0.4, -0.2) is 35.2 Å². The second-order valence-electron chi connectivity index (χ2n) is 8.18. The number of carbonyl (C=O) groups is 3. The van der Waals surface area contributed by atoms with Crippen molar-refractivity contribution in [2.75, 3.05) is 0 Å². The molecule has 2 fully saturated rings. The van der Waals surface area contributed by atoms with Crippen LogP contribution in [0.4, 0.5) is 0 Å². The summed E-state index contributed by atoms with van der Waals surface area (Å²) < 4.78 is 10.6. The van der Waals surface area contributed by atoms with E-state index in [0.717, 1.165) is 19.3 Å². The Morgan fingerprint density at radius 1 is 1.12 bits per heavy atom. The lowest BCUT2D eigenvalue weighted by Gasteiger charge is -2.23. The highest BCUT2D eigenvalue weighted by Gasteiger charge is 2.50. The first-order chi connectivity index (χ1) is 11.5. The monoisotopic (exact) mass is 356 g/mol. The molecule has 144 valence electrons. The topological polar surface area (TPSA) is 89.9 Å². The molecule has 0 aromatic carbocycles. The number of ether oxygens (including phenoxy) is 2. The fourth-order valence-corrected chi connectivity index (χ4v) is 2.54. The van der Waals surface area contributed by atoms with Gasteiger partial charge in [-0.15, -0.1) is 0 Å². The SMILES string of the molecule is CCC(C)(C)C(=O)O.CCC(C)(C)C(=O)O[C@@H]1C(=O)O[C@@H]2CCC[C@H]12. The summed E-state index contributed by atoms with van der Waals surface area (Å²) in [4.78, 5) is 33.8. The molecule has 0 amide bonds. The van der Waals surface area contributed by atoms with Gasteiger partial charge in [-0.3, -0.25) is 9.59 Å². The molecular formula is C19H32O6. The summed E-state index contributed by atoms with van der Waals surface area (Å²) in [5, 5.41) is 8.44. The van der Waals surface area contributed by atoms with Gasteiger partial charge < -0.3 is 14.6 Å². The molecule has 3 atom stereocenters. The Labute approximate surface area is 150 Å². The van der Waals surface area contributed by atoms with Crippen LogP contribution in [0.3, 0.4) is 0 Å². The van der Waals surface area contributed by atoms with Gasteiger partial charge in [0.25, 0.3) is 0 Å². The number of carboxylic acids is 1. The van der Waals surface area contributed by atoms with Gasteiger partial charge >= 0.3 is 17.9 Å². The first-order valence-corrected chi connectivity index (χ1v) is 9.11. The minimum absolute atomic E-state index is 0.0231. The molecule has 6 nitrogen and oxygen atoms in total. The van der Waals surface area contributed by atoms with E-state index in [9.17, 15) is 14.4 Å². The molecule has 6 heteroatoms. The molecule has 2 aliphatic rings. The van der Waals surface area contributed by atoms with Crippen molar-refractivity contribution in [2.45, 2.75) is 85.9 Å². The molecule has 0 bridgehead atoms. The van der Waals surface area contributed by atoms with Crippen molar-refractivity contribution in [3.63, 3.8) is 0 Å². The molecule has 1 N–H and O–H groups in total. The third-order valence-electron chi connectivity index (χ3n) is 5.53. The zero-order valence-corrected chi connectivity index (χ0v) is 16.3. The Morgan fingerprint density at radius 3 is 2.12 bits per heavy atom. The standard InChI is InChI=1S/C13H20O4.C6H12O2/c1-4-13(2,3)12(15)17-10-8-6-5-7-9(8)16-11(10)14;1-4-6(2,3)5(7)8/h8-10H,4-7H2,1-3H3;4H2,1-3H3,(H,7,8)/t8-,9+,10-;/m0./s1. The van der Waals surface area contributed by atoms with Crippen molar-refractivity contribution in [3.05, 3.63) is 0 Å². The zero-order valence-electron chi connectivity index (χ0n) is 16.3. The van der Waals surface area contributed by atoms with E-state index in [2.05, 4.69) is 0 Å². The average molecular weight is 356 g/mol. The smallest absolute Gasteiger partial charge is 0.348 e. The number of carboxylic acid groups (broad SMARTS) is 1. The van der Waals surface area contributed by atoms with Crippen LogP contribution in [0, 0.1) is 16.7 Å². The number of hydrogen-bond donors (Lipinski definition) is 1. The Balaban J connectivity index is 0.000000333. The number of carbonyl (C=O) groups excluding carboxylic acids is 2. The van der Waals surface area contributed by atoms with Crippen LogP contribution in [0.1, 0.15) is 73.6 Å². The fourth-order valence-electron chi connectivity index (χ4n) is 2.54. The second-order valence-corrected chi connectivity index (χ2v) is 8.18. The van der Waals surface area contributed by atoms with Crippen LogP contribution in [0.2, 0.25) is 0 Å². The van der Waals surface area contributed by atoms with Gasteiger partial charge in [0, 0.05) is 5.92 Å². The highest BCUT2D eigenvalue weighted by molar-refractivity contribution is 5.83. The van der Waals surface area contributed by atoms with Crippen molar-refractivity contribution >= 4 is 17.9 Å². The lowest BCUT2D eigenvalue weighted by atomic mass is 9.90. The molecule has 0 aromatic rings. The van der Waals surface area contributed by atoms with E-state index in [-0.39, 0.29) is 24.0 Å². The van der Waals surface area contributed by atoms with Crippen molar-refractivity contribution in [3.8, 4) is 0 Å². The first kappa shape index (κ1) is 21.5. The lowest BCUT2D eigenvalue weighted by Crippen LogP contribution is -2.35. The molecule has 1 saturated heterocycles. The van der Waals surface area contributed by atoms with E-state index in [1.54, 1.807) is 13.8 Å². The number of rotatable bonds is 5. The Hall–Kier alpha value is -1.59. The van der Waals surface area contributed by atoms with Gasteiger partial charge in [0.15, 0.2) is 0 Å². The van der Waals surface area contributed by atoms with Crippen molar-refractivity contribution in [1.82, 2.24) is 0 Å². The molecule has 0 aromatic heterocycles. The van der Waals surface area contributed by atoms with E-state index in [0.29, 0.717) is 12.8 Å². The Morgan fingerprint density at radius 2 is 1.68 bits per heavy atom. The van der Waals surface area contributed by atoms with Crippen LogP contribution in [0.25, 0.3) is 0 Å². The quantitative estimate of drug-likeness (QED) is 0.758. The van der Waals surface area contributed by atoms with Crippen LogP contribution < -0.4 is 0 Å². The predicted molar refractivity (Wildman–Crippen MR) is 92.9 cm³/mol. The summed E-state index contributed by atoms with van der Waals surface area (Å²) in [6, 6.07) is 0. The number of aliphatic carboxylic acids is 1. The summed E-state index contributed by atoms with van der Waals surface area (Å²) in [6.45, 7) is 10.9. The average Bonchev–Trinajstić information content (AvgIpc) is 3.10. The third-order valence-corrected chi connectivity index (χ3v) is 5.53. The molecule has 25 heavy (non-hydrogen) atoms. The van der Waals surface area contributed by atoms with E-state index in [4.69, 9.17) is 14.6 Å². The van der Waals surface area contributed by atoms with Crippen LogP contribution >= 0.6 is 0 Å². The Kier molecular flexibility index (Phi) is 7.03. The lowest BCUT2D eigenvalue weighted by molar-refractivity contribution is -0.169. The molecule has 1 saturated carbocycles. The summed E-state index contributed by atoms with van der Waals surface area (Å²) in [5.74, 6) is -1.30. The maximum atomic E-state index is 12.0. The molecule has 1 heterocycles. The normalized spacial score (nSPS) is 25.5. The number of fused-ring (bicyclic) bond motifs is 1. The van der Waals surface area contributed by atoms with E-state index < -0.39 is 22.9 Å². The maximum Gasteiger partial charge on any atom is 0.348 e. The summed E-state index contributed by atoms with van der Waals surface area (Å²) in [5.41, 5.74) is -1.07. The van der Waals surface area contributed by atoms with Gasteiger partial charge in [0.1, 0.15) is 6.10 Å². The van der Waals surface area contributed by atoms with Crippen molar-refractivity contribution in [2.24, 2.45) is 16.7 Å². The van der Waals surface area contributed by atoms with Crippen LogP contribution in [0.5, 0.6) is 0 Å². The van der Waals surface area contributed by atoms with Crippen LogP contribution in [-0.2, 0) is 23.9 Å². The molecule has 0 spiro atoms. The molecular weight excluding hydrogens is 324 g/mol. The van der Waals surface area contributed by atoms with Gasteiger partial charge in [-0.05, 0) is 59.8 Å². The number of esters is 2. The van der Waals surface area contributed by atoms with Crippen molar-refractivity contribution < 1.29 is 29.0 Å². The van der Waals surface area contributed by atoms with Gasteiger partial charge in [0.05, 0.1) is 10.8 Å². The molecule has 2 rings (SSSR count). The fraction of sp³-hybridized carbons (Fsp3) is 0.842. The highest BCUT2D eigenvalue weighted by atomic mass is 16.6. The van der Waals surface area contributed by atoms with Gasteiger partial charge in [-0.1, -0.05) is 13.8 Å². The molecule has 0 radical (unpaired) electrons. The van der Waals surface area contributed by atoms with E-state index in [1.807, 2.05) is 27.7 Å². The van der Waals surface area contributed by atoms with Gasteiger partial charge in [-0.25, -0.2) is 4.79 Å². The predicted octanol–water partition coefficient (Wildman–Crippen LogP) is 3.57. The van der Waals surface area contributed by atoms with Crippen LogP contribution in [0.15, 0.2) is 0 Å². The Bertz CT molecular complexity index is 508. The number of hydrogen-bond acceptors (Lipinski definition) is 5. The minimum Gasteiger partial charge on any atom is -0.481 e. The zero-order chi connectivity index (χ0) is 19.4.